The summed E-state index contributed by atoms with van der Waals surface area (Å²) in [5.41, 5.74) is 3.91. The number of amides is 1. The molecule has 34 heavy (non-hydrogen) atoms. The van der Waals surface area contributed by atoms with Crippen molar-refractivity contribution in [3.63, 3.8) is 0 Å². The van der Waals surface area contributed by atoms with Gasteiger partial charge < -0.3 is 9.84 Å². The molecule has 176 valence electrons. The van der Waals surface area contributed by atoms with Gasteiger partial charge in [0.05, 0.1) is 0 Å². The summed E-state index contributed by atoms with van der Waals surface area (Å²) in [5.74, 6) is -0.605. The molecule has 0 saturated heterocycles. The number of carbonyl (C=O) groups is 2. The van der Waals surface area contributed by atoms with Crippen LogP contribution in [0.3, 0.4) is 0 Å². The largest absolute Gasteiger partial charge is 0.478 e. The lowest BCUT2D eigenvalue weighted by atomic mass is 10.00. The van der Waals surface area contributed by atoms with Crippen molar-refractivity contribution in [3.05, 3.63) is 95.7 Å². The van der Waals surface area contributed by atoms with Gasteiger partial charge in [-0.2, -0.15) is 0 Å². The lowest BCUT2D eigenvalue weighted by molar-refractivity contribution is -0.132. The fourth-order valence-electron chi connectivity index (χ4n) is 3.42. The van der Waals surface area contributed by atoms with Gasteiger partial charge in [-0.1, -0.05) is 66.7 Å². The number of anilines is 1. The van der Waals surface area contributed by atoms with Crippen LogP contribution in [0.25, 0.3) is 11.1 Å². The van der Waals surface area contributed by atoms with E-state index in [4.69, 9.17) is 4.74 Å². The van der Waals surface area contributed by atoms with Gasteiger partial charge in [-0.3, -0.25) is 5.32 Å². The summed E-state index contributed by atoms with van der Waals surface area (Å²) in [6.45, 7) is 5.34. The molecule has 0 aliphatic heterocycles. The molecule has 0 aliphatic carbocycles. The van der Waals surface area contributed by atoms with E-state index in [2.05, 4.69) is 40.6 Å². The average molecular weight is 459 g/mol. The maximum absolute atomic E-state index is 11.9. The van der Waals surface area contributed by atoms with Crippen LogP contribution in [0.1, 0.15) is 38.3 Å². The van der Waals surface area contributed by atoms with Crippen LogP contribution in [0.2, 0.25) is 0 Å². The topological polar surface area (TPSA) is 88.5 Å². The number of nitrogens with one attached hydrogen (secondary N) is 1. The number of rotatable bonds is 8. The zero-order chi connectivity index (χ0) is 24.6. The number of benzene rings is 2. The van der Waals surface area contributed by atoms with E-state index < -0.39 is 17.7 Å². The molecule has 1 heterocycles. The molecule has 0 radical (unpaired) electrons. The zero-order valence-electron chi connectivity index (χ0n) is 19.7. The van der Waals surface area contributed by atoms with Crippen molar-refractivity contribution >= 4 is 17.9 Å². The summed E-state index contributed by atoms with van der Waals surface area (Å²) in [6, 6.07) is 21.8. The predicted octanol–water partition coefficient (Wildman–Crippen LogP) is 6.28. The van der Waals surface area contributed by atoms with Gasteiger partial charge in [0.1, 0.15) is 11.4 Å². The number of hydrogen-bond donors (Lipinski definition) is 2. The second-order valence-corrected chi connectivity index (χ2v) is 8.99. The lowest BCUT2D eigenvalue weighted by Gasteiger charge is -2.19. The number of carboxylic acids is 1. The van der Waals surface area contributed by atoms with E-state index in [-0.39, 0.29) is 6.42 Å². The monoisotopic (exact) mass is 458 g/mol. The van der Waals surface area contributed by atoms with E-state index in [0.717, 1.165) is 28.7 Å². The zero-order valence-corrected chi connectivity index (χ0v) is 19.7. The van der Waals surface area contributed by atoms with Gasteiger partial charge in [0.15, 0.2) is 0 Å². The Balaban J connectivity index is 1.60. The van der Waals surface area contributed by atoms with Gasteiger partial charge in [-0.15, -0.1) is 0 Å². The molecular weight excluding hydrogens is 428 g/mol. The summed E-state index contributed by atoms with van der Waals surface area (Å²) < 4.78 is 5.20. The first-order valence-electron chi connectivity index (χ1n) is 11.2. The van der Waals surface area contributed by atoms with Crippen LogP contribution >= 0.6 is 0 Å². The summed E-state index contributed by atoms with van der Waals surface area (Å²) in [7, 11) is 0. The van der Waals surface area contributed by atoms with Gasteiger partial charge in [0, 0.05) is 18.2 Å². The minimum Gasteiger partial charge on any atom is -0.478 e. The minimum absolute atomic E-state index is 0.249. The van der Waals surface area contributed by atoms with Gasteiger partial charge in [-0.25, -0.2) is 14.6 Å². The Morgan fingerprint density at radius 1 is 0.971 bits per heavy atom. The second kappa shape index (κ2) is 11.3. The van der Waals surface area contributed by atoms with Gasteiger partial charge in [0.2, 0.25) is 0 Å². The number of hydrogen-bond acceptors (Lipinski definition) is 4. The number of nitrogens with zero attached hydrogens (tertiary/aromatic N) is 1. The summed E-state index contributed by atoms with van der Waals surface area (Å²) in [6.07, 6.45) is 4.35. The van der Waals surface area contributed by atoms with E-state index in [1.807, 2.05) is 24.3 Å². The maximum atomic E-state index is 11.9. The Kier molecular flexibility index (Phi) is 8.19. The summed E-state index contributed by atoms with van der Waals surface area (Å²) in [5, 5.41) is 12.2. The number of allylic oxidation sites excluding steroid dienone is 1. The molecule has 0 bridgehead atoms. The molecule has 2 aromatic carbocycles. The van der Waals surface area contributed by atoms with E-state index in [1.165, 1.54) is 0 Å². The number of aliphatic carboxylic acids is 1. The first-order valence-corrected chi connectivity index (χ1v) is 11.2. The summed E-state index contributed by atoms with van der Waals surface area (Å²) >= 11 is 0. The second-order valence-electron chi connectivity index (χ2n) is 8.99. The molecule has 0 spiro atoms. The van der Waals surface area contributed by atoms with Crippen molar-refractivity contribution in [2.24, 2.45) is 0 Å². The standard InChI is InChI=1S/C28H30N2O4/c1-28(2,3)34-27(33)30-25-16-15-21(19-29-25)18-24(26(31)32)14-8-10-20-9-7-13-23(17-20)22-11-5-4-6-12-22/h4-7,9,11-17,19H,8,10,18H2,1-3H3,(H,31,32)(H,29,30,33). The fraction of sp³-hybridized carbons (Fsp3) is 0.250. The van der Waals surface area contributed by atoms with Crippen molar-refractivity contribution in [2.75, 3.05) is 5.32 Å². The third-order valence-electron chi connectivity index (χ3n) is 4.98. The van der Waals surface area contributed by atoms with Crippen LogP contribution in [0.5, 0.6) is 0 Å². The van der Waals surface area contributed by atoms with Crippen molar-refractivity contribution in [2.45, 2.75) is 45.6 Å². The highest BCUT2D eigenvalue weighted by Gasteiger charge is 2.16. The molecule has 1 amide bonds. The number of aromatic nitrogens is 1. The normalized spacial score (nSPS) is 11.7. The molecule has 0 unspecified atom stereocenters. The number of carbonyl (C=O) groups excluding carboxylic acids is 1. The van der Waals surface area contributed by atoms with Gasteiger partial charge in [0.25, 0.3) is 0 Å². The lowest BCUT2D eigenvalue weighted by Crippen LogP contribution is -2.27. The van der Waals surface area contributed by atoms with Crippen LogP contribution in [0, 0.1) is 0 Å². The van der Waals surface area contributed by atoms with Crippen LogP contribution < -0.4 is 5.32 Å². The Hall–Kier alpha value is -3.93. The highest BCUT2D eigenvalue weighted by atomic mass is 16.6. The Labute approximate surface area is 200 Å². The van der Waals surface area contributed by atoms with Gasteiger partial charge in [-0.05, 0) is 61.9 Å². The van der Waals surface area contributed by atoms with Crippen LogP contribution in [0.15, 0.2) is 84.6 Å². The molecule has 6 nitrogen and oxygen atoms in total. The quantitative estimate of drug-likeness (QED) is 0.388. The molecule has 3 aromatic rings. The smallest absolute Gasteiger partial charge is 0.413 e. The van der Waals surface area contributed by atoms with Crippen molar-refractivity contribution in [1.29, 1.82) is 0 Å². The van der Waals surface area contributed by atoms with E-state index in [1.54, 1.807) is 45.2 Å². The van der Waals surface area contributed by atoms with E-state index in [9.17, 15) is 14.7 Å². The number of aryl methyl sites for hydroxylation is 1. The molecular formula is C28H30N2O4. The first-order chi connectivity index (χ1) is 16.2. The number of carboxylic acid groups (broad SMARTS) is 1. The fourth-order valence-corrected chi connectivity index (χ4v) is 3.42. The Morgan fingerprint density at radius 3 is 2.35 bits per heavy atom. The third-order valence-corrected chi connectivity index (χ3v) is 4.98. The average Bonchev–Trinajstić information content (AvgIpc) is 2.79. The molecule has 6 heteroatoms. The molecule has 3 rings (SSSR count). The van der Waals surface area contributed by atoms with Gasteiger partial charge >= 0.3 is 12.1 Å². The Morgan fingerprint density at radius 2 is 1.71 bits per heavy atom. The molecule has 0 saturated carbocycles. The number of ether oxygens (including phenoxy) is 1. The minimum atomic E-state index is -0.950. The van der Waals surface area contributed by atoms with Crippen LogP contribution in [-0.4, -0.2) is 27.8 Å². The molecule has 0 aliphatic rings. The molecule has 0 fully saturated rings. The van der Waals surface area contributed by atoms with E-state index >= 15 is 0 Å². The third kappa shape index (κ3) is 7.89. The highest BCUT2D eigenvalue weighted by molar-refractivity contribution is 5.87. The SMILES string of the molecule is CC(C)(C)OC(=O)Nc1ccc(CC(=CCCc2cccc(-c3ccccc3)c2)C(=O)O)cn1. The van der Waals surface area contributed by atoms with Crippen molar-refractivity contribution < 1.29 is 19.4 Å². The van der Waals surface area contributed by atoms with Crippen LogP contribution in [-0.2, 0) is 22.4 Å². The van der Waals surface area contributed by atoms with Crippen LogP contribution in [0.4, 0.5) is 10.6 Å². The van der Waals surface area contributed by atoms with Crippen molar-refractivity contribution in [1.82, 2.24) is 4.98 Å². The number of pyridine rings is 1. The van der Waals surface area contributed by atoms with E-state index in [0.29, 0.717) is 17.8 Å². The summed E-state index contributed by atoms with van der Waals surface area (Å²) in [4.78, 5) is 27.8. The molecule has 2 N–H and O–H groups in total. The molecule has 1 aromatic heterocycles. The molecule has 0 atom stereocenters. The highest BCUT2D eigenvalue weighted by Crippen LogP contribution is 2.21. The first kappa shape index (κ1) is 24.7. The maximum Gasteiger partial charge on any atom is 0.413 e. The predicted molar refractivity (Wildman–Crippen MR) is 134 cm³/mol. The Bertz CT molecular complexity index is 1150. The van der Waals surface area contributed by atoms with Crippen molar-refractivity contribution in [3.8, 4) is 11.1 Å².